The van der Waals surface area contributed by atoms with Gasteiger partial charge in [0, 0.05) is 24.0 Å². The van der Waals surface area contributed by atoms with E-state index in [1.54, 1.807) is 11.3 Å². The summed E-state index contributed by atoms with van der Waals surface area (Å²) in [5, 5.41) is 9.83. The number of hydrogen-bond donors (Lipinski definition) is 2. The van der Waals surface area contributed by atoms with Gasteiger partial charge in [0.2, 0.25) is 0 Å². The van der Waals surface area contributed by atoms with Gasteiger partial charge in [-0.2, -0.15) is 11.8 Å². The Morgan fingerprint density at radius 1 is 1.20 bits per heavy atom. The van der Waals surface area contributed by atoms with Crippen LogP contribution in [0.3, 0.4) is 0 Å². The van der Waals surface area contributed by atoms with E-state index in [2.05, 4.69) is 51.3 Å². The average molecular weight is 490 g/mol. The van der Waals surface area contributed by atoms with E-state index in [0.717, 1.165) is 35.3 Å². The summed E-state index contributed by atoms with van der Waals surface area (Å²) in [4.78, 5) is 9.33. The topological polar surface area (TPSA) is 49.3 Å². The Hall–Kier alpha value is -0.800. The van der Waals surface area contributed by atoms with Gasteiger partial charge in [-0.3, -0.25) is 0 Å². The number of benzene rings is 1. The number of unbranched alkanes of at least 4 members (excludes halogenated alkanes) is 1. The first-order valence-corrected chi connectivity index (χ1v) is 10.6. The summed E-state index contributed by atoms with van der Waals surface area (Å²) in [5.74, 6) is 2.09. The van der Waals surface area contributed by atoms with Crippen LogP contribution in [0.1, 0.15) is 25.5 Å². The van der Waals surface area contributed by atoms with Gasteiger partial charge in [0.1, 0.15) is 5.01 Å². The molecule has 1 aromatic carbocycles. The van der Waals surface area contributed by atoms with Crippen LogP contribution in [0.5, 0.6) is 0 Å². The summed E-state index contributed by atoms with van der Waals surface area (Å²) >= 11 is 3.57. The van der Waals surface area contributed by atoms with E-state index in [9.17, 15) is 0 Å². The van der Waals surface area contributed by atoms with Crippen LogP contribution in [0.25, 0.3) is 10.6 Å². The number of aromatic nitrogens is 1. The van der Waals surface area contributed by atoms with Gasteiger partial charge in [0.15, 0.2) is 5.96 Å². The third kappa shape index (κ3) is 8.42. The van der Waals surface area contributed by atoms with Crippen molar-refractivity contribution < 1.29 is 0 Å². The first-order chi connectivity index (χ1) is 11.8. The summed E-state index contributed by atoms with van der Waals surface area (Å²) in [6.45, 7) is 4.51. The molecule has 0 aliphatic heterocycles. The number of aliphatic imine (C=N–C) groups is 1. The standard InChI is InChI=1S/C18H26N4S2.HI/c1-3-19-18(20-11-7-8-12-23-2)21-13-16-14-24-17(22-16)15-9-5-4-6-10-15;/h4-6,9-10,14H,3,7-8,11-13H2,1-2H3,(H2,19,20,21);1H. The van der Waals surface area contributed by atoms with Gasteiger partial charge in [0.25, 0.3) is 0 Å². The molecular formula is C18H27IN4S2. The second kappa shape index (κ2) is 13.4. The SMILES string of the molecule is CCNC(=NCc1csc(-c2ccccc2)n1)NCCCCSC.I. The van der Waals surface area contributed by atoms with E-state index < -0.39 is 0 Å². The molecule has 1 aromatic heterocycles. The van der Waals surface area contributed by atoms with Crippen molar-refractivity contribution >= 4 is 53.0 Å². The zero-order chi connectivity index (χ0) is 17.0. The van der Waals surface area contributed by atoms with Crippen molar-refractivity contribution in [3.63, 3.8) is 0 Å². The van der Waals surface area contributed by atoms with Crippen LogP contribution in [0, 0.1) is 0 Å². The van der Waals surface area contributed by atoms with Crippen LogP contribution >= 0.6 is 47.1 Å². The molecule has 0 amide bonds. The van der Waals surface area contributed by atoms with Crippen molar-refractivity contribution in [1.29, 1.82) is 0 Å². The summed E-state index contributed by atoms with van der Waals surface area (Å²) in [6.07, 6.45) is 4.55. The number of thiazole rings is 1. The van der Waals surface area contributed by atoms with Gasteiger partial charge in [-0.25, -0.2) is 9.98 Å². The first kappa shape index (κ1) is 22.2. The number of thioether (sulfide) groups is 1. The molecule has 2 aromatic rings. The highest BCUT2D eigenvalue weighted by molar-refractivity contribution is 14.0. The van der Waals surface area contributed by atoms with Crippen LogP contribution in [0.2, 0.25) is 0 Å². The Bertz CT molecular complexity index is 617. The molecule has 2 rings (SSSR count). The Morgan fingerprint density at radius 3 is 2.72 bits per heavy atom. The maximum absolute atomic E-state index is 4.69. The minimum absolute atomic E-state index is 0. The van der Waals surface area contributed by atoms with Crippen molar-refractivity contribution in [1.82, 2.24) is 15.6 Å². The monoisotopic (exact) mass is 490 g/mol. The van der Waals surface area contributed by atoms with Gasteiger partial charge in [-0.1, -0.05) is 30.3 Å². The number of halogens is 1. The Kier molecular flexibility index (Phi) is 11.9. The van der Waals surface area contributed by atoms with Crippen molar-refractivity contribution in [3.05, 3.63) is 41.4 Å². The number of hydrogen-bond acceptors (Lipinski definition) is 4. The molecule has 4 nitrogen and oxygen atoms in total. The number of guanidine groups is 1. The molecule has 2 N–H and O–H groups in total. The molecule has 0 unspecified atom stereocenters. The van der Waals surface area contributed by atoms with E-state index in [0.29, 0.717) is 6.54 Å². The van der Waals surface area contributed by atoms with Crippen molar-refractivity contribution in [2.75, 3.05) is 25.1 Å². The predicted molar refractivity (Wildman–Crippen MR) is 123 cm³/mol. The molecule has 0 aliphatic rings. The van der Waals surface area contributed by atoms with E-state index in [1.165, 1.54) is 18.6 Å². The molecule has 0 radical (unpaired) electrons. The van der Waals surface area contributed by atoms with Crippen LogP contribution in [-0.4, -0.2) is 36.0 Å². The third-order valence-corrected chi connectivity index (χ3v) is 5.02. The van der Waals surface area contributed by atoms with Crippen LogP contribution in [-0.2, 0) is 6.54 Å². The highest BCUT2D eigenvalue weighted by atomic mass is 127. The Balaban J connectivity index is 0.00000312. The molecule has 138 valence electrons. The van der Waals surface area contributed by atoms with Crippen LogP contribution < -0.4 is 10.6 Å². The van der Waals surface area contributed by atoms with Crippen molar-refractivity contribution in [2.24, 2.45) is 4.99 Å². The molecular weight excluding hydrogens is 463 g/mol. The molecule has 25 heavy (non-hydrogen) atoms. The second-order valence-corrected chi connectivity index (χ2v) is 7.18. The fraction of sp³-hybridized carbons (Fsp3) is 0.444. The van der Waals surface area contributed by atoms with Crippen LogP contribution in [0.15, 0.2) is 40.7 Å². The van der Waals surface area contributed by atoms with Crippen molar-refractivity contribution in [2.45, 2.75) is 26.3 Å². The molecule has 0 aliphatic carbocycles. The maximum Gasteiger partial charge on any atom is 0.191 e. The summed E-state index contributed by atoms with van der Waals surface area (Å²) < 4.78 is 0. The fourth-order valence-corrected chi connectivity index (χ4v) is 3.48. The van der Waals surface area contributed by atoms with E-state index in [1.807, 2.05) is 30.0 Å². The molecule has 0 saturated carbocycles. The summed E-state index contributed by atoms with van der Waals surface area (Å²) in [6, 6.07) is 10.3. The molecule has 1 heterocycles. The Morgan fingerprint density at radius 2 is 2.00 bits per heavy atom. The zero-order valence-electron chi connectivity index (χ0n) is 14.8. The highest BCUT2D eigenvalue weighted by Gasteiger charge is 2.04. The lowest BCUT2D eigenvalue weighted by molar-refractivity contribution is 0.734. The lowest BCUT2D eigenvalue weighted by Crippen LogP contribution is -2.37. The quantitative estimate of drug-likeness (QED) is 0.233. The number of nitrogens with zero attached hydrogens (tertiary/aromatic N) is 2. The molecule has 7 heteroatoms. The summed E-state index contributed by atoms with van der Waals surface area (Å²) in [5.41, 5.74) is 2.18. The number of nitrogens with one attached hydrogen (secondary N) is 2. The molecule has 0 spiro atoms. The average Bonchev–Trinajstić information content (AvgIpc) is 3.09. The van der Waals surface area contributed by atoms with Crippen molar-refractivity contribution in [3.8, 4) is 10.6 Å². The van der Waals surface area contributed by atoms with Gasteiger partial charge in [0.05, 0.1) is 12.2 Å². The highest BCUT2D eigenvalue weighted by Crippen LogP contribution is 2.23. The normalized spacial score (nSPS) is 11.0. The van der Waals surface area contributed by atoms with Gasteiger partial charge < -0.3 is 10.6 Å². The lowest BCUT2D eigenvalue weighted by atomic mass is 10.2. The molecule has 0 saturated heterocycles. The fourth-order valence-electron chi connectivity index (χ4n) is 2.17. The predicted octanol–water partition coefficient (Wildman–Crippen LogP) is 4.63. The minimum Gasteiger partial charge on any atom is -0.357 e. The van der Waals surface area contributed by atoms with E-state index in [4.69, 9.17) is 0 Å². The molecule has 0 bridgehead atoms. The third-order valence-electron chi connectivity index (χ3n) is 3.38. The second-order valence-electron chi connectivity index (χ2n) is 5.33. The first-order valence-electron chi connectivity index (χ1n) is 8.34. The van der Waals surface area contributed by atoms with E-state index in [-0.39, 0.29) is 24.0 Å². The maximum atomic E-state index is 4.69. The number of rotatable bonds is 9. The van der Waals surface area contributed by atoms with E-state index >= 15 is 0 Å². The smallest absolute Gasteiger partial charge is 0.191 e. The lowest BCUT2D eigenvalue weighted by Gasteiger charge is -2.10. The minimum atomic E-state index is 0. The Labute approximate surface area is 176 Å². The zero-order valence-corrected chi connectivity index (χ0v) is 18.8. The molecule has 0 fully saturated rings. The van der Waals surface area contributed by atoms with Crippen LogP contribution in [0.4, 0.5) is 0 Å². The largest absolute Gasteiger partial charge is 0.357 e. The molecule has 0 atom stereocenters. The summed E-state index contributed by atoms with van der Waals surface area (Å²) in [7, 11) is 0. The van der Waals surface area contributed by atoms with Gasteiger partial charge in [-0.05, 0) is 31.8 Å². The van der Waals surface area contributed by atoms with Gasteiger partial charge >= 0.3 is 0 Å². The van der Waals surface area contributed by atoms with Gasteiger partial charge in [-0.15, -0.1) is 35.3 Å².